The molecule has 0 aliphatic rings. The molecule has 0 radical (unpaired) electrons. The zero-order valence-corrected chi connectivity index (χ0v) is 17.7. The Balaban J connectivity index is 1.67. The number of nitrogens with one attached hydrogen (secondary N) is 2. The van der Waals surface area contributed by atoms with Crippen LogP contribution in [0.3, 0.4) is 0 Å². The lowest BCUT2D eigenvalue weighted by molar-refractivity contribution is -0.114. The maximum atomic E-state index is 14.4. The molecule has 1 amide bonds. The molecule has 0 aliphatic heterocycles. The minimum absolute atomic E-state index is 0.0319. The second-order valence-electron chi connectivity index (χ2n) is 6.70. The molecule has 164 valence electrons. The average Bonchev–Trinajstić information content (AvgIpc) is 3.08. The first-order valence-corrected chi connectivity index (χ1v) is 9.92. The Morgan fingerprint density at radius 1 is 1.19 bits per heavy atom. The minimum atomic E-state index is -1.01. The fourth-order valence-corrected chi connectivity index (χ4v) is 3.24. The van der Waals surface area contributed by atoms with Crippen LogP contribution in [-0.4, -0.2) is 25.4 Å². The standard InChI is InChI=1S/C21H17ClF2N6O2/c1-3-30-19-17(28-20(30)27-16-7-5-4-6-13(16)22)10-25-21(29-19)32-18-14(23)8-12(9-15(18)24)26-11(2)31/h4-10H,3H2,1-2H3,(H,26,31)(H,27,28). The maximum absolute atomic E-state index is 14.4. The molecule has 8 nitrogen and oxygen atoms in total. The molecule has 4 rings (SSSR count). The number of imidazole rings is 1. The number of anilines is 3. The van der Waals surface area contributed by atoms with E-state index >= 15 is 0 Å². The van der Waals surface area contributed by atoms with Gasteiger partial charge in [-0.2, -0.15) is 4.98 Å². The summed E-state index contributed by atoms with van der Waals surface area (Å²) in [5.74, 6) is -2.69. The van der Waals surface area contributed by atoms with Gasteiger partial charge in [0.05, 0.1) is 16.9 Å². The van der Waals surface area contributed by atoms with Gasteiger partial charge in [-0.1, -0.05) is 23.7 Å². The number of aryl methyl sites for hydroxylation is 1. The van der Waals surface area contributed by atoms with Crippen LogP contribution in [0.15, 0.2) is 42.6 Å². The Kier molecular flexibility index (Phi) is 5.87. The van der Waals surface area contributed by atoms with Crippen LogP contribution in [-0.2, 0) is 11.3 Å². The van der Waals surface area contributed by atoms with Crippen molar-refractivity contribution in [3.63, 3.8) is 0 Å². The van der Waals surface area contributed by atoms with Crippen molar-refractivity contribution in [3.8, 4) is 11.8 Å². The van der Waals surface area contributed by atoms with Gasteiger partial charge in [0.15, 0.2) is 17.3 Å². The quantitative estimate of drug-likeness (QED) is 0.408. The number of benzene rings is 2. The highest BCUT2D eigenvalue weighted by atomic mass is 35.5. The van der Waals surface area contributed by atoms with Crippen LogP contribution in [0.25, 0.3) is 11.2 Å². The normalized spacial score (nSPS) is 10.9. The highest BCUT2D eigenvalue weighted by molar-refractivity contribution is 6.33. The summed E-state index contributed by atoms with van der Waals surface area (Å²) in [6.45, 7) is 3.62. The van der Waals surface area contributed by atoms with Crippen molar-refractivity contribution in [1.29, 1.82) is 0 Å². The Hall–Kier alpha value is -3.79. The van der Waals surface area contributed by atoms with Crippen LogP contribution in [0, 0.1) is 11.6 Å². The van der Waals surface area contributed by atoms with Gasteiger partial charge in [-0.25, -0.2) is 18.7 Å². The molecular formula is C21H17ClF2N6O2. The lowest BCUT2D eigenvalue weighted by atomic mass is 10.2. The number of fused-ring (bicyclic) bond motifs is 1. The van der Waals surface area contributed by atoms with Gasteiger partial charge in [-0.3, -0.25) is 9.36 Å². The summed E-state index contributed by atoms with van der Waals surface area (Å²) in [4.78, 5) is 23.8. The smallest absolute Gasteiger partial charge is 0.324 e. The highest BCUT2D eigenvalue weighted by Gasteiger charge is 2.18. The van der Waals surface area contributed by atoms with Crippen LogP contribution < -0.4 is 15.4 Å². The molecule has 32 heavy (non-hydrogen) atoms. The first-order chi connectivity index (χ1) is 15.4. The number of para-hydroxylation sites is 1. The topological polar surface area (TPSA) is 94.0 Å². The summed E-state index contributed by atoms with van der Waals surface area (Å²) in [6.07, 6.45) is 1.39. The number of ether oxygens (including phenoxy) is 1. The third-order valence-corrected chi connectivity index (χ3v) is 4.74. The molecule has 2 heterocycles. The molecule has 2 aromatic carbocycles. The number of carbonyl (C=O) groups excluding carboxylic acids is 1. The molecule has 4 aromatic rings. The monoisotopic (exact) mass is 458 g/mol. The van der Waals surface area contributed by atoms with E-state index in [9.17, 15) is 13.6 Å². The molecule has 2 N–H and O–H groups in total. The number of rotatable bonds is 6. The molecular weight excluding hydrogens is 442 g/mol. The van der Waals surface area contributed by atoms with Crippen LogP contribution in [0.4, 0.5) is 26.1 Å². The van der Waals surface area contributed by atoms with Gasteiger partial charge >= 0.3 is 6.01 Å². The second kappa shape index (κ2) is 8.75. The molecule has 0 unspecified atom stereocenters. The molecule has 0 aliphatic carbocycles. The van der Waals surface area contributed by atoms with Crippen molar-refractivity contribution < 1.29 is 18.3 Å². The van der Waals surface area contributed by atoms with E-state index in [1.807, 2.05) is 19.1 Å². The van der Waals surface area contributed by atoms with Crippen molar-refractivity contribution in [2.24, 2.45) is 0 Å². The largest absolute Gasteiger partial charge is 0.418 e. The third-order valence-electron chi connectivity index (χ3n) is 4.41. The Morgan fingerprint density at radius 2 is 1.91 bits per heavy atom. The van der Waals surface area contributed by atoms with Crippen LogP contribution >= 0.6 is 11.6 Å². The molecule has 0 spiro atoms. The Morgan fingerprint density at radius 3 is 2.56 bits per heavy atom. The lowest BCUT2D eigenvalue weighted by Crippen LogP contribution is -2.07. The molecule has 0 bridgehead atoms. The van der Waals surface area contributed by atoms with Gasteiger partial charge in [-0.15, -0.1) is 0 Å². The Bertz CT molecular complexity index is 1300. The van der Waals surface area contributed by atoms with Crippen molar-refractivity contribution in [2.45, 2.75) is 20.4 Å². The maximum Gasteiger partial charge on any atom is 0.324 e. The third kappa shape index (κ3) is 4.30. The zero-order valence-electron chi connectivity index (χ0n) is 17.0. The summed E-state index contributed by atoms with van der Waals surface area (Å²) in [5, 5.41) is 5.98. The summed E-state index contributed by atoms with van der Waals surface area (Å²) in [6, 6.07) is 8.82. The molecule has 0 fully saturated rings. The molecule has 0 saturated carbocycles. The van der Waals surface area contributed by atoms with Gasteiger partial charge in [-0.05, 0) is 19.1 Å². The van der Waals surface area contributed by atoms with Crippen LogP contribution in [0.2, 0.25) is 5.02 Å². The van der Waals surface area contributed by atoms with E-state index in [-0.39, 0.29) is 11.7 Å². The van der Waals surface area contributed by atoms with Crippen LogP contribution in [0.5, 0.6) is 11.8 Å². The van der Waals surface area contributed by atoms with E-state index in [0.29, 0.717) is 34.4 Å². The van der Waals surface area contributed by atoms with Crippen molar-refractivity contribution in [1.82, 2.24) is 19.5 Å². The minimum Gasteiger partial charge on any atom is -0.418 e. The number of hydrogen-bond donors (Lipinski definition) is 2. The molecule has 0 saturated heterocycles. The van der Waals surface area contributed by atoms with Gasteiger partial charge in [0.25, 0.3) is 0 Å². The van der Waals surface area contributed by atoms with E-state index < -0.39 is 23.3 Å². The SMILES string of the molecule is CCn1c(Nc2ccccc2Cl)nc2cnc(Oc3c(F)cc(NC(C)=O)cc3F)nc21. The summed E-state index contributed by atoms with van der Waals surface area (Å²) < 4.78 is 35.8. The lowest BCUT2D eigenvalue weighted by Gasteiger charge is -2.10. The fourth-order valence-electron chi connectivity index (χ4n) is 3.05. The number of aromatic nitrogens is 4. The van der Waals surface area contributed by atoms with E-state index in [1.165, 1.54) is 13.1 Å². The highest BCUT2D eigenvalue weighted by Crippen LogP contribution is 2.31. The van der Waals surface area contributed by atoms with Gasteiger partial charge in [0.1, 0.15) is 5.52 Å². The zero-order chi connectivity index (χ0) is 22.8. The van der Waals surface area contributed by atoms with Crippen LogP contribution in [0.1, 0.15) is 13.8 Å². The average molecular weight is 459 g/mol. The summed E-state index contributed by atoms with van der Waals surface area (Å²) in [7, 11) is 0. The van der Waals surface area contributed by atoms with Crippen molar-refractivity contribution >= 4 is 46.0 Å². The van der Waals surface area contributed by atoms with E-state index in [2.05, 4.69) is 25.6 Å². The van der Waals surface area contributed by atoms with Gasteiger partial charge in [0, 0.05) is 31.3 Å². The predicted octanol–water partition coefficient (Wildman–Crippen LogP) is 5.27. The second-order valence-corrected chi connectivity index (χ2v) is 7.11. The van der Waals surface area contributed by atoms with Crippen molar-refractivity contribution in [2.75, 3.05) is 10.6 Å². The van der Waals surface area contributed by atoms with Crippen molar-refractivity contribution in [3.05, 3.63) is 59.3 Å². The molecule has 11 heteroatoms. The number of nitrogens with zero attached hydrogens (tertiary/aromatic N) is 4. The number of amides is 1. The number of hydrogen-bond acceptors (Lipinski definition) is 6. The molecule has 0 atom stereocenters. The van der Waals surface area contributed by atoms with Gasteiger partial charge in [0.2, 0.25) is 17.6 Å². The Labute approximate surface area is 186 Å². The van der Waals surface area contributed by atoms with Gasteiger partial charge < -0.3 is 15.4 Å². The first-order valence-electron chi connectivity index (χ1n) is 9.55. The molecule has 2 aromatic heterocycles. The first kappa shape index (κ1) is 21.4. The summed E-state index contributed by atoms with van der Waals surface area (Å²) >= 11 is 6.21. The number of halogens is 3. The number of carbonyl (C=O) groups is 1. The van der Waals surface area contributed by atoms with E-state index in [0.717, 1.165) is 12.1 Å². The van der Waals surface area contributed by atoms with E-state index in [4.69, 9.17) is 16.3 Å². The summed E-state index contributed by atoms with van der Waals surface area (Å²) in [5.41, 5.74) is 1.49. The fraction of sp³-hybridized carbons (Fsp3) is 0.143. The predicted molar refractivity (Wildman–Crippen MR) is 116 cm³/mol. The van der Waals surface area contributed by atoms with E-state index in [1.54, 1.807) is 16.7 Å².